The number of ether oxygens (including phenoxy) is 2. The Labute approximate surface area is 169 Å². The number of unbranched alkanes of at least 4 members (excludes halogenated alkanes) is 7. The van der Waals surface area contributed by atoms with E-state index in [2.05, 4.69) is 11.7 Å². The van der Waals surface area contributed by atoms with Crippen LogP contribution in [0.2, 0.25) is 0 Å². The average molecular weight is 432 g/mol. The molecule has 0 unspecified atom stereocenters. The first kappa shape index (κ1) is 27.6. The summed E-state index contributed by atoms with van der Waals surface area (Å²) in [6.45, 7) is 2.93. The van der Waals surface area contributed by atoms with Gasteiger partial charge >= 0.3 is 24.0 Å². The number of carbonyl (C=O) groups is 2. The molecule has 0 saturated heterocycles. The number of hydrogen-bond donors (Lipinski definition) is 0. The number of halogens is 5. The molecule has 0 aromatic carbocycles. The van der Waals surface area contributed by atoms with Gasteiger partial charge in [0.25, 0.3) is 0 Å². The van der Waals surface area contributed by atoms with Crippen molar-refractivity contribution >= 4 is 11.9 Å². The molecular formula is C20H33F5O4. The van der Waals surface area contributed by atoms with E-state index in [0.29, 0.717) is 6.42 Å². The molecule has 29 heavy (non-hydrogen) atoms. The molecule has 0 aromatic heterocycles. The molecule has 0 aliphatic rings. The van der Waals surface area contributed by atoms with Crippen LogP contribution in [0.25, 0.3) is 0 Å². The molecule has 0 rings (SSSR count). The fraction of sp³-hybridized carbons (Fsp3) is 0.900. The van der Waals surface area contributed by atoms with Gasteiger partial charge in [-0.25, -0.2) is 0 Å². The smallest absolute Gasteiger partial charge is 0.456 e. The van der Waals surface area contributed by atoms with Crippen LogP contribution in [0.5, 0.6) is 0 Å². The number of hydrogen-bond acceptors (Lipinski definition) is 4. The quantitative estimate of drug-likeness (QED) is 0.133. The van der Waals surface area contributed by atoms with Gasteiger partial charge in [-0.15, -0.1) is 0 Å². The van der Waals surface area contributed by atoms with Gasteiger partial charge in [-0.05, 0) is 19.3 Å². The van der Waals surface area contributed by atoms with Gasteiger partial charge in [0.1, 0.15) is 0 Å². The van der Waals surface area contributed by atoms with Crippen molar-refractivity contribution in [2.75, 3.05) is 13.2 Å². The lowest BCUT2D eigenvalue weighted by Crippen LogP contribution is -2.46. The van der Waals surface area contributed by atoms with Crippen LogP contribution in [0.1, 0.15) is 85.0 Å². The molecule has 0 spiro atoms. The van der Waals surface area contributed by atoms with Crippen LogP contribution in [0.3, 0.4) is 0 Å². The second kappa shape index (κ2) is 13.0. The van der Waals surface area contributed by atoms with E-state index in [4.69, 9.17) is 4.74 Å². The summed E-state index contributed by atoms with van der Waals surface area (Å²) in [5.74, 6) is -7.56. The number of alkyl halides is 5. The van der Waals surface area contributed by atoms with Gasteiger partial charge in [0, 0.05) is 0 Å². The maximum absolute atomic E-state index is 13.0. The molecule has 0 radical (unpaired) electrons. The van der Waals surface area contributed by atoms with Crippen molar-refractivity contribution in [3.63, 3.8) is 0 Å². The minimum Gasteiger partial charge on any atom is -0.465 e. The van der Waals surface area contributed by atoms with Gasteiger partial charge in [0.2, 0.25) is 0 Å². The SMILES string of the molecule is CCCCCCCCCCOC(=O)C(CC)(CC)C(=O)OCC(F)(F)C(F)(F)F. The van der Waals surface area contributed by atoms with Crippen LogP contribution in [0.15, 0.2) is 0 Å². The van der Waals surface area contributed by atoms with E-state index in [1.807, 2.05) is 0 Å². The molecule has 0 saturated carbocycles. The Morgan fingerprint density at radius 1 is 0.690 bits per heavy atom. The first-order valence-electron chi connectivity index (χ1n) is 10.3. The predicted molar refractivity (Wildman–Crippen MR) is 98.5 cm³/mol. The summed E-state index contributed by atoms with van der Waals surface area (Å²) in [5, 5.41) is 0. The van der Waals surface area contributed by atoms with E-state index in [0.717, 1.165) is 25.7 Å². The monoisotopic (exact) mass is 432 g/mol. The first-order valence-corrected chi connectivity index (χ1v) is 10.3. The van der Waals surface area contributed by atoms with Gasteiger partial charge in [-0.2, -0.15) is 22.0 Å². The molecule has 0 aliphatic heterocycles. The van der Waals surface area contributed by atoms with Crippen molar-refractivity contribution in [3.8, 4) is 0 Å². The lowest BCUT2D eigenvalue weighted by atomic mass is 9.82. The number of carbonyl (C=O) groups excluding carboxylic acids is 2. The van der Waals surface area contributed by atoms with Crippen LogP contribution < -0.4 is 0 Å². The van der Waals surface area contributed by atoms with E-state index < -0.39 is 36.1 Å². The number of esters is 2. The van der Waals surface area contributed by atoms with Crippen LogP contribution >= 0.6 is 0 Å². The van der Waals surface area contributed by atoms with Gasteiger partial charge < -0.3 is 9.47 Å². The first-order chi connectivity index (χ1) is 13.5. The Morgan fingerprint density at radius 2 is 1.14 bits per heavy atom. The van der Waals surface area contributed by atoms with Gasteiger partial charge in [0.15, 0.2) is 12.0 Å². The van der Waals surface area contributed by atoms with E-state index in [1.165, 1.54) is 33.1 Å². The van der Waals surface area contributed by atoms with Crippen molar-refractivity contribution in [3.05, 3.63) is 0 Å². The summed E-state index contributed by atoms with van der Waals surface area (Å²) >= 11 is 0. The van der Waals surface area contributed by atoms with Crippen molar-refractivity contribution in [1.29, 1.82) is 0 Å². The van der Waals surface area contributed by atoms with Crippen molar-refractivity contribution < 1.29 is 41.0 Å². The zero-order valence-corrected chi connectivity index (χ0v) is 17.5. The summed E-state index contributed by atoms with van der Waals surface area (Å²) in [5.41, 5.74) is -1.89. The van der Waals surface area contributed by atoms with Crippen LogP contribution in [-0.2, 0) is 19.1 Å². The second-order valence-electron chi connectivity index (χ2n) is 7.18. The van der Waals surface area contributed by atoms with E-state index >= 15 is 0 Å². The molecule has 0 heterocycles. The Kier molecular flexibility index (Phi) is 12.4. The van der Waals surface area contributed by atoms with E-state index in [-0.39, 0.29) is 19.4 Å². The molecule has 4 nitrogen and oxygen atoms in total. The Bertz CT molecular complexity index is 488. The third-order valence-electron chi connectivity index (χ3n) is 5.02. The number of rotatable bonds is 15. The van der Waals surface area contributed by atoms with Gasteiger partial charge in [-0.1, -0.05) is 65.7 Å². The third-order valence-corrected chi connectivity index (χ3v) is 5.02. The fourth-order valence-electron chi connectivity index (χ4n) is 2.83. The maximum Gasteiger partial charge on any atom is 0.456 e. The molecule has 0 atom stereocenters. The van der Waals surface area contributed by atoms with Crippen molar-refractivity contribution in [1.82, 2.24) is 0 Å². The summed E-state index contributed by atoms with van der Waals surface area (Å²) in [6.07, 6.45) is 2.12. The normalized spacial score (nSPS) is 12.7. The Morgan fingerprint density at radius 3 is 1.59 bits per heavy atom. The van der Waals surface area contributed by atoms with E-state index in [1.54, 1.807) is 0 Å². The van der Waals surface area contributed by atoms with Gasteiger partial charge in [-0.3, -0.25) is 9.59 Å². The average Bonchev–Trinajstić information content (AvgIpc) is 2.65. The minimum atomic E-state index is -5.84. The summed E-state index contributed by atoms with van der Waals surface area (Å²) in [6, 6.07) is 0. The molecule has 0 bridgehead atoms. The molecule has 0 fully saturated rings. The van der Waals surface area contributed by atoms with Crippen molar-refractivity contribution in [2.24, 2.45) is 5.41 Å². The Balaban J connectivity index is 4.53. The molecule has 9 heteroatoms. The van der Waals surface area contributed by atoms with E-state index in [9.17, 15) is 31.5 Å². The highest BCUT2D eigenvalue weighted by atomic mass is 19.4. The molecule has 0 N–H and O–H groups in total. The molecule has 0 amide bonds. The Hall–Kier alpha value is -1.41. The molecule has 0 aromatic rings. The standard InChI is InChI=1S/C20H33F5O4/c1-4-7-8-9-10-11-12-13-14-28-16(26)18(5-2,6-3)17(27)29-15-19(21,22)20(23,24)25/h4-15H2,1-3H3. The zero-order valence-electron chi connectivity index (χ0n) is 17.5. The molecular weight excluding hydrogens is 399 g/mol. The van der Waals surface area contributed by atoms with Crippen LogP contribution in [0.4, 0.5) is 22.0 Å². The van der Waals surface area contributed by atoms with Gasteiger partial charge in [0.05, 0.1) is 6.61 Å². The lowest BCUT2D eigenvalue weighted by molar-refractivity contribution is -0.295. The maximum atomic E-state index is 13.0. The molecule has 172 valence electrons. The fourth-order valence-corrected chi connectivity index (χ4v) is 2.83. The predicted octanol–water partition coefficient (Wildman–Crippen LogP) is 6.22. The third kappa shape index (κ3) is 8.86. The molecule has 0 aliphatic carbocycles. The van der Waals surface area contributed by atoms with Crippen LogP contribution in [-0.4, -0.2) is 37.3 Å². The minimum absolute atomic E-state index is 0.0571. The van der Waals surface area contributed by atoms with Crippen molar-refractivity contribution in [2.45, 2.75) is 97.1 Å². The highest BCUT2D eigenvalue weighted by Crippen LogP contribution is 2.37. The summed E-state index contributed by atoms with van der Waals surface area (Å²) in [7, 11) is 0. The highest BCUT2D eigenvalue weighted by Gasteiger charge is 2.59. The van der Waals surface area contributed by atoms with Crippen LogP contribution in [0, 0.1) is 5.41 Å². The highest BCUT2D eigenvalue weighted by molar-refractivity contribution is 6.00. The summed E-state index contributed by atoms with van der Waals surface area (Å²) < 4.78 is 71.9. The zero-order chi connectivity index (χ0) is 22.6. The second-order valence-corrected chi connectivity index (χ2v) is 7.18. The summed E-state index contributed by atoms with van der Waals surface area (Å²) in [4.78, 5) is 24.5. The topological polar surface area (TPSA) is 52.6 Å². The largest absolute Gasteiger partial charge is 0.465 e. The lowest BCUT2D eigenvalue weighted by Gasteiger charge is -2.28.